The Labute approximate surface area is 85.0 Å². The van der Waals surface area contributed by atoms with Gasteiger partial charge in [-0.2, -0.15) is 0 Å². The van der Waals surface area contributed by atoms with E-state index in [0.717, 1.165) is 32.1 Å². The molecule has 0 spiro atoms. The molecule has 2 aliphatic carbocycles. The molecule has 2 fully saturated rings. The van der Waals surface area contributed by atoms with Crippen LogP contribution in [0.25, 0.3) is 0 Å². The number of nitrogens with two attached hydrogens (primary N) is 1. The standard InChI is InChI=1S/C11H19NO2/c12-10-7-3-6-9(10)11(13)14-8-4-1-2-5-8/h8-10H,1-7,12H2. The highest BCUT2D eigenvalue weighted by molar-refractivity contribution is 5.73. The lowest BCUT2D eigenvalue weighted by atomic mass is 10.1. The number of hydrogen-bond donors (Lipinski definition) is 1. The number of hydrogen-bond acceptors (Lipinski definition) is 3. The minimum absolute atomic E-state index is 0.0180. The van der Waals surface area contributed by atoms with Crippen LogP contribution >= 0.6 is 0 Å². The van der Waals surface area contributed by atoms with Crippen LogP contribution in [-0.4, -0.2) is 18.1 Å². The van der Waals surface area contributed by atoms with E-state index in [1.807, 2.05) is 0 Å². The van der Waals surface area contributed by atoms with Gasteiger partial charge >= 0.3 is 5.97 Å². The Bertz CT molecular complexity index is 211. The van der Waals surface area contributed by atoms with Gasteiger partial charge in [0.2, 0.25) is 0 Å². The summed E-state index contributed by atoms with van der Waals surface area (Å²) in [7, 11) is 0. The fourth-order valence-corrected chi connectivity index (χ4v) is 2.54. The van der Waals surface area contributed by atoms with E-state index in [-0.39, 0.29) is 24.0 Å². The third-order valence-corrected chi connectivity index (χ3v) is 3.46. The van der Waals surface area contributed by atoms with Gasteiger partial charge in [-0.15, -0.1) is 0 Å². The summed E-state index contributed by atoms with van der Waals surface area (Å²) in [6.45, 7) is 0. The highest BCUT2D eigenvalue weighted by Crippen LogP contribution is 2.28. The minimum Gasteiger partial charge on any atom is -0.462 e. The molecule has 0 aromatic rings. The Morgan fingerprint density at radius 3 is 2.36 bits per heavy atom. The molecule has 0 amide bonds. The lowest BCUT2D eigenvalue weighted by molar-refractivity contribution is -0.153. The Hall–Kier alpha value is -0.570. The molecule has 0 aromatic carbocycles. The largest absolute Gasteiger partial charge is 0.462 e. The van der Waals surface area contributed by atoms with E-state index in [2.05, 4.69) is 0 Å². The summed E-state index contributed by atoms with van der Waals surface area (Å²) in [5.41, 5.74) is 5.85. The van der Waals surface area contributed by atoms with E-state index in [4.69, 9.17) is 10.5 Å². The molecule has 0 heterocycles. The van der Waals surface area contributed by atoms with E-state index in [1.165, 1.54) is 12.8 Å². The van der Waals surface area contributed by atoms with Crippen molar-refractivity contribution in [1.82, 2.24) is 0 Å². The number of ether oxygens (including phenoxy) is 1. The summed E-state index contributed by atoms with van der Waals surface area (Å²) in [5, 5.41) is 0. The van der Waals surface area contributed by atoms with Gasteiger partial charge in [0.15, 0.2) is 0 Å². The molecule has 0 bridgehead atoms. The zero-order valence-electron chi connectivity index (χ0n) is 8.58. The summed E-state index contributed by atoms with van der Waals surface area (Å²) in [5.74, 6) is -0.0579. The summed E-state index contributed by atoms with van der Waals surface area (Å²) >= 11 is 0. The maximum Gasteiger partial charge on any atom is 0.310 e. The van der Waals surface area contributed by atoms with Gasteiger partial charge in [-0.05, 0) is 38.5 Å². The van der Waals surface area contributed by atoms with Crippen LogP contribution in [0.2, 0.25) is 0 Å². The van der Waals surface area contributed by atoms with Crippen molar-refractivity contribution in [1.29, 1.82) is 0 Å². The average Bonchev–Trinajstić information content (AvgIpc) is 2.75. The van der Waals surface area contributed by atoms with Crippen LogP contribution in [0, 0.1) is 5.92 Å². The van der Waals surface area contributed by atoms with Crippen LogP contribution in [0.1, 0.15) is 44.9 Å². The highest BCUT2D eigenvalue weighted by atomic mass is 16.5. The highest BCUT2D eigenvalue weighted by Gasteiger charge is 2.33. The second kappa shape index (κ2) is 4.30. The summed E-state index contributed by atoms with van der Waals surface area (Å²) in [6.07, 6.45) is 7.67. The maximum atomic E-state index is 11.7. The average molecular weight is 197 g/mol. The molecule has 0 saturated heterocycles. The van der Waals surface area contributed by atoms with E-state index < -0.39 is 0 Å². The zero-order chi connectivity index (χ0) is 9.97. The second-order valence-electron chi connectivity index (χ2n) is 4.54. The van der Waals surface area contributed by atoms with E-state index in [1.54, 1.807) is 0 Å². The molecular weight excluding hydrogens is 178 g/mol. The Kier molecular flexibility index (Phi) is 3.06. The topological polar surface area (TPSA) is 52.3 Å². The van der Waals surface area contributed by atoms with E-state index >= 15 is 0 Å². The van der Waals surface area contributed by atoms with Gasteiger partial charge in [-0.1, -0.05) is 6.42 Å². The van der Waals surface area contributed by atoms with Crippen LogP contribution in [0.4, 0.5) is 0 Å². The monoisotopic (exact) mass is 197 g/mol. The van der Waals surface area contributed by atoms with Crippen LogP contribution in [0.3, 0.4) is 0 Å². The first kappa shape index (κ1) is 9.97. The minimum atomic E-state index is -0.0399. The van der Waals surface area contributed by atoms with Crippen molar-refractivity contribution in [3.05, 3.63) is 0 Å². The van der Waals surface area contributed by atoms with Crippen LogP contribution < -0.4 is 5.73 Å². The van der Waals surface area contributed by atoms with Gasteiger partial charge in [0, 0.05) is 6.04 Å². The lowest BCUT2D eigenvalue weighted by Gasteiger charge is -2.17. The Balaban J connectivity index is 1.82. The Morgan fingerprint density at radius 1 is 1.07 bits per heavy atom. The van der Waals surface area contributed by atoms with Crippen molar-refractivity contribution >= 4 is 5.97 Å². The molecule has 2 atom stereocenters. The van der Waals surface area contributed by atoms with E-state index in [9.17, 15) is 4.79 Å². The third-order valence-electron chi connectivity index (χ3n) is 3.46. The van der Waals surface area contributed by atoms with Gasteiger partial charge in [-0.25, -0.2) is 0 Å². The normalized spacial score (nSPS) is 33.5. The first-order valence-electron chi connectivity index (χ1n) is 5.73. The Morgan fingerprint density at radius 2 is 1.79 bits per heavy atom. The van der Waals surface area contributed by atoms with Gasteiger partial charge in [-0.3, -0.25) is 4.79 Å². The maximum absolute atomic E-state index is 11.7. The fourth-order valence-electron chi connectivity index (χ4n) is 2.54. The first-order valence-corrected chi connectivity index (χ1v) is 5.73. The van der Waals surface area contributed by atoms with Crippen LogP contribution in [0.5, 0.6) is 0 Å². The van der Waals surface area contributed by atoms with Crippen molar-refractivity contribution in [2.24, 2.45) is 11.7 Å². The SMILES string of the molecule is NC1CCCC1C(=O)OC1CCCC1. The molecule has 2 rings (SSSR count). The van der Waals surface area contributed by atoms with Crippen molar-refractivity contribution in [3.8, 4) is 0 Å². The molecule has 0 aliphatic heterocycles. The van der Waals surface area contributed by atoms with Crippen molar-refractivity contribution < 1.29 is 9.53 Å². The van der Waals surface area contributed by atoms with Crippen molar-refractivity contribution in [3.63, 3.8) is 0 Å². The van der Waals surface area contributed by atoms with Gasteiger partial charge in [0.1, 0.15) is 6.10 Å². The van der Waals surface area contributed by atoms with E-state index in [0.29, 0.717) is 0 Å². The number of carbonyl (C=O) groups is 1. The molecule has 0 radical (unpaired) electrons. The first-order chi connectivity index (χ1) is 6.77. The lowest BCUT2D eigenvalue weighted by Crippen LogP contribution is -2.33. The molecule has 0 aromatic heterocycles. The summed E-state index contributed by atoms with van der Waals surface area (Å²) in [6, 6.07) is 0.0453. The molecule has 3 heteroatoms. The summed E-state index contributed by atoms with van der Waals surface area (Å²) in [4.78, 5) is 11.7. The fraction of sp³-hybridized carbons (Fsp3) is 0.909. The van der Waals surface area contributed by atoms with Gasteiger partial charge in [0.05, 0.1) is 5.92 Å². The van der Waals surface area contributed by atoms with Gasteiger partial charge < -0.3 is 10.5 Å². The molecule has 2 unspecified atom stereocenters. The molecule has 2 saturated carbocycles. The van der Waals surface area contributed by atoms with Crippen LogP contribution in [-0.2, 0) is 9.53 Å². The predicted octanol–water partition coefficient (Wildman–Crippen LogP) is 1.60. The van der Waals surface area contributed by atoms with Gasteiger partial charge in [0.25, 0.3) is 0 Å². The van der Waals surface area contributed by atoms with Crippen LogP contribution in [0.15, 0.2) is 0 Å². The molecule has 2 aliphatic rings. The molecule has 80 valence electrons. The summed E-state index contributed by atoms with van der Waals surface area (Å²) < 4.78 is 5.45. The zero-order valence-corrected chi connectivity index (χ0v) is 8.58. The molecule has 2 N–H and O–H groups in total. The number of esters is 1. The third kappa shape index (κ3) is 2.08. The van der Waals surface area contributed by atoms with Crippen molar-refractivity contribution in [2.75, 3.05) is 0 Å². The predicted molar refractivity (Wildman–Crippen MR) is 53.7 cm³/mol. The van der Waals surface area contributed by atoms with Crippen molar-refractivity contribution in [2.45, 2.75) is 57.1 Å². The quantitative estimate of drug-likeness (QED) is 0.684. The smallest absolute Gasteiger partial charge is 0.310 e. The molecule has 3 nitrogen and oxygen atoms in total. The molecular formula is C11H19NO2. The number of carbonyl (C=O) groups excluding carboxylic acids is 1. The second-order valence-corrected chi connectivity index (χ2v) is 4.54. The molecule has 14 heavy (non-hydrogen) atoms. The number of rotatable bonds is 2.